The van der Waals surface area contributed by atoms with Crippen LogP contribution in [0.25, 0.3) is 0 Å². The number of nitrogens with zero attached hydrogens (tertiary/aromatic N) is 2. The Morgan fingerprint density at radius 2 is 2.00 bits per heavy atom. The summed E-state index contributed by atoms with van der Waals surface area (Å²) in [4.78, 5) is 9.55. The maximum absolute atomic E-state index is 5.88. The Bertz CT molecular complexity index is 543. The van der Waals surface area contributed by atoms with Crippen molar-refractivity contribution in [1.82, 2.24) is 9.97 Å². The summed E-state index contributed by atoms with van der Waals surface area (Å²) in [5, 5.41) is 0.719. The summed E-state index contributed by atoms with van der Waals surface area (Å²) in [6, 6.07) is 5.72. The van der Waals surface area contributed by atoms with Gasteiger partial charge in [-0.1, -0.05) is 6.92 Å². The van der Waals surface area contributed by atoms with Gasteiger partial charge in [0.2, 0.25) is 0 Å². The Kier molecular flexibility index (Phi) is 4.63. The molecule has 0 aliphatic heterocycles. The molecule has 0 amide bonds. The third kappa shape index (κ3) is 3.86. The molecule has 0 saturated carbocycles. The summed E-state index contributed by atoms with van der Waals surface area (Å²) < 4.78 is 5.60. The molecule has 5 heteroatoms. The van der Waals surface area contributed by atoms with Gasteiger partial charge in [0, 0.05) is 17.3 Å². The number of rotatable bonds is 5. The predicted molar refractivity (Wildman–Crippen MR) is 77.5 cm³/mol. The normalized spacial score (nSPS) is 10.4. The summed E-state index contributed by atoms with van der Waals surface area (Å²) in [5.41, 5.74) is 7.58. The first-order valence-corrected chi connectivity index (χ1v) is 6.99. The summed E-state index contributed by atoms with van der Waals surface area (Å²) in [7, 11) is 0. The van der Waals surface area contributed by atoms with E-state index in [0.717, 1.165) is 27.8 Å². The molecule has 1 aromatic carbocycles. The van der Waals surface area contributed by atoms with E-state index in [2.05, 4.69) is 16.9 Å². The van der Waals surface area contributed by atoms with Gasteiger partial charge in [0.15, 0.2) is 5.16 Å². The van der Waals surface area contributed by atoms with Crippen LogP contribution in [0, 0.1) is 6.92 Å². The zero-order valence-electron chi connectivity index (χ0n) is 11.1. The number of nitrogen functional groups attached to an aromatic ring is 1. The van der Waals surface area contributed by atoms with Gasteiger partial charge in [0.05, 0.1) is 12.3 Å². The van der Waals surface area contributed by atoms with Crippen molar-refractivity contribution in [3.05, 3.63) is 36.2 Å². The first kappa shape index (κ1) is 13.7. The van der Waals surface area contributed by atoms with Gasteiger partial charge in [0.25, 0.3) is 0 Å². The van der Waals surface area contributed by atoms with Crippen LogP contribution in [0.3, 0.4) is 0 Å². The molecule has 0 bridgehead atoms. The van der Waals surface area contributed by atoms with Crippen LogP contribution in [0.5, 0.6) is 5.75 Å². The molecule has 2 N–H and O–H groups in total. The Morgan fingerprint density at radius 3 is 2.68 bits per heavy atom. The predicted octanol–water partition coefficient (Wildman–Crippen LogP) is 3.31. The summed E-state index contributed by atoms with van der Waals surface area (Å²) in [5.74, 6) is 0.721. The number of aryl methyl sites for hydroxylation is 1. The highest BCUT2D eigenvalue weighted by atomic mass is 32.2. The lowest BCUT2D eigenvalue weighted by molar-refractivity contribution is 0.318. The van der Waals surface area contributed by atoms with E-state index >= 15 is 0 Å². The Balaban J connectivity index is 2.14. The molecule has 0 unspecified atom stereocenters. The Labute approximate surface area is 117 Å². The van der Waals surface area contributed by atoms with E-state index in [1.54, 1.807) is 12.4 Å². The molecule has 2 rings (SSSR count). The van der Waals surface area contributed by atoms with Crippen molar-refractivity contribution in [3.63, 3.8) is 0 Å². The van der Waals surface area contributed by atoms with Crippen LogP contribution >= 0.6 is 11.8 Å². The van der Waals surface area contributed by atoms with E-state index in [0.29, 0.717) is 12.3 Å². The topological polar surface area (TPSA) is 61.0 Å². The van der Waals surface area contributed by atoms with E-state index in [-0.39, 0.29) is 0 Å². The monoisotopic (exact) mass is 275 g/mol. The second-order valence-corrected chi connectivity index (χ2v) is 5.23. The molecule has 0 atom stereocenters. The van der Waals surface area contributed by atoms with Gasteiger partial charge in [-0.3, -0.25) is 0 Å². The first-order chi connectivity index (χ1) is 9.19. The van der Waals surface area contributed by atoms with Gasteiger partial charge in [-0.2, -0.15) is 0 Å². The fraction of sp³-hybridized carbons (Fsp3) is 0.286. The molecular weight excluding hydrogens is 258 g/mol. The highest BCUT2D eigenvalue weighted by molar-refractivity contribution is 7.99. The van der Waals surface area contributed by atoms with Gasteiger partial charge in [-0.05, 0) is 48.9 Å². The largest absolute Gasteiger partial charge is 0.491 e. The van der Waals surface area contributed by atoms with E-state index in [1.165, 1.54) is 11.8 Å². The van der Waals surface area contributed by atoms with E-state index in [1.807, 2.05) is 25.1 Å². The molecule has 19 heavy (non-hydrogen) atoms. The Morgan fingerprint density at radius 1 is 1.26 bits per heavy atom. The molecule has 2 aromatic rings. The van der Waals surface area contributed by atoms with Crippen LogP contribution in [-0.4, -0.2) is 16.6 Å². The number of hydrogen-bond donors (Lipinski definition) is 1. The highest BCUT2D eigenvalue weighted by Crippen LogP contribution is 2.31. The van der Waals surface area contributed by atoms with Crippen LogP contribution in [0.15, 0.2) is 40.6 Å². The minimum Gasteiger partial charge on any atom is -0.491 e. The lowest BCUT2D eigenvalue weighted by Gasteiger charge is -2.09. The van der Waals surface area contributed by atoms with E-state index < -0.39 is 0 Å². The van der Waals surface area contributed by atoms with Gasteiger partial charge in [-0.15, -0.1) is 0 Å². The molecule has 0 fully saturated rings. The number of anilines is 1. The van der Waals surface area contributed by atoms with Crippen molar-refractivity contribution in [2.24, 2.45) is 0 Å². The van der Waals surface area contributed by atoms with Gasteiger partial charge in [-0.25, -0.2) is 9.97 Å². The quantitative estimate of drug-likeness (QED) is 0.670. The number of hydrogen-bond acceptors (Lipinski definition) is 5. The van der Waals surface area contributed by atoms with Crippen molar-refractivity contribution in [2.45, 2.75) is 30.3 Å². The maximum Gasteiger partial charge on any atom is 0.192 e. The third-order valence-electron chi connectivity index (χ3n) is 2.41. The SMILES string of the molecule is CCCOc1cc(Sc2ncc(C)cn2)ccc1N. The van der Waals surface area contributed by atoms with E-state index in [4.69, 9.17) is 10.5 Å². The molecule has 1 heterocycles. The molecule has 0 radical (unpaired) electrons. The molecule has 0 aliphatic carbocycles. The van der Waals surface area contributed by atoms with Crippen molar-refractivity contribution in [2.75, 3.05) is 12.3 Å². The zero-order chi connectivity index (χ0) is 13.7. The third-order valence-corrected chi connectivity index (χ3v) is 3.30. The van der Waals surface area contributed by atoms with E-state index in [9.17, 15) is 0 Å². The zero-order valence-corrected chi connectivity index (χ0v) is 11.9. The summed E-state index contributed by atoms with van der Waals surface area (Å²) >= 11 is 1.49. The fourth-order valence-electron chi connectivity index (χ4n) is 1.45. The molecule has 100 valence electrons. The Hall–Kier alpha value is -1.75. The van der Waals surface area contributed by atoms with Gasteiger partial charge in [0.1, 0.15) is 5.75 Å². The number of ether oxygens (including phenoxy) is 1. The molecule has 1 aromatic heterocycles. The second-order valence-electron chi connectivity index (χ2n) is 4.19. The van der Waals surface area contributed by atoms with Crippen molar-refractivity contribution >= 4 is 17.4 Å². The molecular formula is C14H17N3OS. The summed E-state index contributed by atoms with van der Waals surface area (Å²) in [6.45, 7) is 4.70. The van der Waals surface area contributed by atoms with Crippen LogP contribution in [0.1, 0.15) is 18.9 Å². The number of aromatic nitrogens is 2. The highest BCUT2D eigenvalue weighted by Gasteiger charge is 2.05. The minimum absolute atomic E-state index is 0.655. The number of benzene rings is 1. The maximum atomic E-state index is 5.88. The second kappa shape index (κ2) is 6.43. The van der Waals surface area contributed by atoms with Crippen molar-refractivity contribution < 1.29 is 4.74 Å². The molecule has 0 aliphatic rings. The molecule has 0 saturated heterocycles. The number of nitrogens with two attached hydrogens (primary N) is 1. The average molecular weight is 275 g/mol. The lowest BCUT2D eigenvalue weighted by atomic mass is 10.3. The smallest absolute Gasteiger partial charge is 0.192 e. The van der Waals surface area contributed by atoms with Crippen LogP contribution in [-0.2, 0) is 0 Å². The average Bonchev–Trinajstić information content (AvgIpc) is 2.42. The van der Waals surface area contributed by atoms with Crippen molar-refractivity contribution in [1.29, 1.82) is 0 Å². The lowest BCUT2D eigenvalue weighted by Crippen LogP contribution is -1.99. The van der Waals surface area contributed by atoms with Crippen LogP contribution in [0.4, 0.5) is 5.69 Å². The fourth-order valence-corrected chi connectivity index (χ4v) is 2.18. The molecule has 0 spiro atoms. The van der Waals surface area contributed by atoms with Gasteiger partial charge >= 0.3 is 0 Å². The van der Waals surface area contributed by atoms with Gasteiger partial charge < -0.3 is 10.5 Å². The minimum atomic E-state index is 0.655. The van der Waals surface area contributed by atoms with Crippen LogP contribution in [0.2, 0.25) is 0 Å². The summed E-state index contributed by atoms with van der Waals surface area (Å²) in [6.07, 6.45) is 4.57. The van der Waals surface area contributed by atoms with Crippen LogP contribution < -0.4 is 10.5 Å². The first-order valence-electron chi connectivity index (χ1n) is 6.18. The molecule has 4 nitrogen and oxygen atoms in total. The van der Waals surface area contributed by atoms with Crippen molar-refractivity contribution in [3.8, 4) is 5.75 Å². The standard InChI is InChI=1S/C14H17N3OS/c1-3-6-18-13-7-11(4-5-12(13)15)19-14-16-8-10(2)9-17-14/h4-5,7-9H,3,6,15H2,1-2H3.